The fourth-order valence-corrected chi connectivity index (χ4v) is 1.82. The van der Waals surface area contributed by atoms with Gasteiger partial charge in [0, 0.05) is 25.2 Å². The number of amides is 1. The molecule has 0 unspecified atom stereocenters. The van der Waals surface area contributed by atoms with Crippen LogP contribution in [0, 0.1) is 0 Å². The fourth-order valence-electron chi connectivity index (χ4n) is 1.82. The van der Waals surface area contributed by atoms with E-state index in [2.05, 4.69) is 0 Å². The lowest BCUT2D eigenvalue weighted by atomic mass is 10.1. The maximum atomic E-state index is 12.2. The van der Waals surface area contributed by atoms with Gasteiger partial charge in [-0.1, -0.05) is 12.1 Å². The standard InChI is InChI=1S/C15H19NO4/c1-15(2,20)10-16(3)14(19)12-6-4-5-11(9-12)7-8-13(17)18/h4-9,20H,10H2,1-3H3,(H,17,18). The molecule has 0 bridgehead atoms. The van der Waals surface area contributed by atoms with Crippen molar-refractivity contribution in [1.29, 1.82) is 0 Å². The Kier molecular flexibility index (Phi) is 5.05. The van der Waals surface area contributed by atoms with Crippen molar-refractivity contribution < 1.29 is 19.8 Å². The van der Waals surface area contributed by atoms with E-state index in [-0.39, 0.29) is 12.5 Å². The van der Waals surface area contributed by atoms with Crippen LogP contribution in [0.5, 0.6) is 0 Å². The second kappa shape index (κ2) is 6.34. The molecule has 20 heavy (non-hydrogen) atoms. The van der Waals surface area contributed by atoms with Crippen molar-refractivity contribution in [1.82, 2.24) is 4.90 Å². The van der Waals surface area contributed by atoms with Crippen LogP contribution in [0.3, 0.4) is 0 Å². The average Bonchev–Trinajstić information content (AvgIpc) is 2.33. The number of aliphatic hydroxyl groups is 1. The average molecular weight is 277 g/mol. The zero-order valence-corrected chi connectivity index (χ0v) is 11.8. The number of carbonyl (C=O) groups is 2. The predicted octanol–water partition coefficient (Wildman–Crippen LogP) is 1.63. The van der Waals surface area contributed by atoms with E-state index in [1.165, 1.54) is 11.0 Å². The summed E-state index contributed by atoms with van der Waals surface area (Å²) in [5, 5.41) is 18.3. The van der Waals surface area contributed by atoms with Crippen molar-refractivity contribution >= 4 is 18.0 Å². The van der Waals surface area contributed by atoms with Gasteiger partial charge in [0.15, 0.2) is 0 Å². The summed E-state index contributed by atoms with van der Waals surface area (Å²) in [5.41, 5.74) is 0.116. The number of nitrogens with zero attached hydrogens (tertiary/aromatic N) is 1. The zero-order chi connectivity index (χ0) is 15.3. The molecule has 2 N–H and O–H groups in total. The molecule has 0 aliphatic heterocycles. The Morgan fingerprint density at radius 2 is 2.00 bits per heavy atom. The maximum Gasteiger partial charge on any atom is 0.328 e. The molecule has 1 amide bonds. The second-order valence-electron chi connectivity index (χ2n) is 5.27. The van der Waals surface area contributed by atoms with Gasteiger partial charge in [-0.2, -0.15) is 0 Å². The minimum atomic E-state index is -1.04. The summed E-state index contributed by atoms with van der Waals surface area (Å²) in [5.74, 6) is -1.27. The number of carboxylic acids is 1. The summed E-state index contributed by atoms with van der Waals surface area (Å²) < 4.78 is 0. The van der Waals surface area contributed by atoms with Crippen molar-refractivity contribution in [3.63, 3.8) is 0 Å². The molecule has 0 fully saturated rings. The maximum absolute atomic E-state index is 12.2. The summed E-state index contributed by atoms with van der Waals surface area (Å²) in [6.07, 6.45) is 2.44. The van der Waals surface area contributed by atoms with E-state index in [0.29, 0.717) is 11.1 Å². The normalized spacial score (nSPS) is 11.6. The molecule has 108 valence electrons. The quantitative estimate of drug-likeness (QED) is 0.802. The van der Waals surface area contributed by atoms with Crippen LogP contribution in [0.4, 0.5) is 0 Å². The Hall–Kier alpha value is -2.14. The molecule has 0 atom stereocenters. The van der Waals surface area contributed by atoms with Crippen molar-refractivity contribution in [2.45, 2.75) is 19.4 Å². The van der Waals surface area contributed by atoms with Crippen molar-refractivity contribution in [3.05, 3.63) is 41.5 Å². The van der Waals surface area contributed by atoms with Crippen LogP contribution in [-0.2, 0) is 4.79 Å². The van der Waals surface area contributed by atoms with Crippen molar-refractivity contribution in [2.75, 3.05) is 13.6 Å². The summed E-state index contributed by atoms with van der Waals surface area (Å²) >= 11 is 0. The van der Waals surface area contributed by atoms with Gasteiger partial charge in [-0.05, 0) is 37.6 Å². The van der Waals surface area contributed by atoms with Crippen LogP contribution in [0.2, 0.25) is 0 Å². The molecule has 0 saturated heterocycles. The molecular weight excluding hydrogens is 258 g/mol. The molecule has 1 aromatic carbocycles. The summed E-state index contributed by atoms with van der Waals surface area (Å²) in [7, 11) is 1.61. The van der Waals surface area contributed by atoms with E-state index in [4.69, 9.17) is 5.11 Å². The third-order valence-corrected chi connectivity index (χ3v) is 2.52. The minimum Gasteiger partial charge on any atom is -0.478 e. The number of carboxylic acid groups (broad SMARTS) is 1. The third kappa shape index (κ3) is 5.24. The lowest BCUT2D eigenvalue weighted by molar-refractivity contribution is -0.131. The van der Waals surface area contributed by atoms with Gasteiger partial charge in [-0.25, -0.2) is 4.79 Å². The topological polar surface area (TPSA) is 77.8 Å². The van der Waals surface area contributed by atoms with Crippen molar-refractivity contribution in [2.24, 2.45) is 0 Å². The smallest absolute Gasteiger partial charge is 0.328 e. The van der Waals surface area contributed by atoms with Gasteiger partial charge in [0.25, 0.3) is 5.91 Å². The molecule has 0 radical (unpaired) electrons. The first-order valence-corrected chi connectivity index (χ1v) is 6.18. The highest BCUT2D eigenvalue weighted by Crippen LogP contribution is 2.11. The molecule has 0 heterocycles. The summed E-state index contributed by atoms with van der Waals surface area (Å²) in [6.45, 7) is 3.46. The summed E-state index contributed by atoms with van der Waals surface area (Å²) in [4.78, 5) is 24.1. The Morgan fingerprint density at radius 3 is 2.55 bits per heavy atom. The van der Waals surface area contributed by atoms with Gasteiger partial charge in [-0.15, -0.1) is 0 Å². The van der Waals surface area contributed by atoms with Gasteiger partial charge in [0.05, 0.1) is 5.60 Å². The van der Waals surface area contributed by atoms with Crippen LogP contribution in [0.15, 0.2) is 30.3 Å². The highest BCUT2D eigenvalue weighted by Gasteiger charge is 2.20. The van der Waals surface area contributed by atoms with E-state index in [0.717, 1.165) is 6.08 Å². The zero-order valence-electron chi connectivity index (χ0n) is 11.8. The second-order valence-corrected chi connectivity index (χ2v) is 5.27. The summed E-state index contributed by atoms with van der Waals surface area (Å²) in [6, 6.07) is 6.67. The van der Waals surface area contributed by atoms with Crippen LogP contribution in [0.25, 0.3) is 6.08 Å². The van der Waals surface area contributed by atoms with Crippen LogP contribution < -0.4 is 0 Å². The lowest BCUT2D eigenvalue weighted by Crippen LogP contribution is -2.39. The molecule has 1 aromatic rings. The molecule has 0 spiro atoms. The predicted molar refractivity (Wildman–Crippen MR) is 76.4 cm³/mol. The van der Waals surface area contributed by atoms with E-state index in [9.17, 15) is 14.7 Å². The molecule has 0 aliphatic rings. The first kappa shape index (κ1) is 15.9. The number of rotatable bonds is 5. The van der Waals surface area contributed by atoms with Gasteiger partial charge < -0.3 is 15.1 Å². The molecule has 5 heteroatoms. The van der Waals surface area contributed by atoms with Gasteiger partial charge in [0.1, 0.15) is 0 Å². The number of carbonyl (C=O) groups excluding carboxylic acids is 1. The molecular formula is C15H19NO4. The Morgan fingerprint density at radius 1 is 1.35 bits per heavy atom. The van der Waals surface area contributed by atoms with E-state index < -0.39 is 11.6 Å². The van der Waals surface area contributed by atoms with Crippen LogP contribution >= 0.6 is 0 Å². The number of benzene rings is 1. The minimum absolute atomic E-state index is 0.209. The molecule has 0 aromatic heterocycles. The number of likely N-dealkylation sites (N-methyl/N-ethyl adjacent to an activating group) is 1. The van der Waals surface area contributed by atoms with Gasteiger partial charge >= 0.3 is 5.97 Å². The Bertz CT molecular complexity index is 529. The fraction of sp³-hybridized carbons (Fsp3) is 0.333. The van der Waals surface area contributed by atoms with Crippen LogP contribution in [-0.4, -0.2) is 46.2 Å². The highest BCUT2D eigenvalue weighted by atomic mass is 16.4. The third-order valence-electron chi connectivity index (χ3n) is 2.52. The highest BCUT2D eigenvalue weighted by molar-refractivity contribution is 5.95. The van der Waals surface area contributed by atoms with E-state index in [1.807, 2.05) is 0 Å². The Balaban J connectivity index is 2.89. The van der Waals surface area contributed by atoms with Crippen LogP contribution in [0.1, 0.15) is 29.8 Å². The molecule has 5 nitrogen and oxygen atoms in total. The number of hydrogen-bond donors (Lipinski definition) is 2. The molecule has 0 aliphatic carbocycles. The Labute approximate surface area is 118 Å². The number of hydrogen-bond acceptors (Lipinski definition) is 3. The van der Waals surface area contributed by atoms with Crippen molar-refractivity contribution in [3.8, 4) is 0 Å². The first-order valence-electron chi connectivity index (χ1n) is 6.18. The SMILES string of the molecule is CN(CC(C)(C)O)C(=O)c1cccc(C=CC(=O)O)c1. The molecule has 0 saturated carbocycles. The van der Waals surface area contributed by atoms with Gasteiger partial charge in [-0.3, -0.25) is 4.79 Å². The molecule has 1 rings (SSSR count). The largest absolute Gasteiger partial charge is 0.478 e. The number of aliphatic carboxylic acids is 1. The van der Waals surface area contributed by atoms with E-state index in [1.54, 1.807) is 45.2 Å². The monoisotopic (exact) mass is 277 g/mol. The van der Waals surface area contributed by atoms with E-state index >= 15 is 0 Å². The van der Waals surface area contributed by atoms with Gasteiger partial charge in [0.2, 0.25) is 0 Å². The first-order chi connectivity index (χ1) is 9.19. The lowest BCUT2D eigenvalue weighted by Gasteiger charge is -2.25.